The largest absolute Gasteiger partial charge is 0.477 e. The first-order valence-electron chi connectivity index (χ1n) is 5.96. The van der Waals surface area contributed by atoms with Gasteiger partial charge in [-0.25, -0.2) is 0 Å². The quantitative estimate of drug-likeness (QED) is 0.832. The van der Waals surface area contributed by atoms with E-state index in [0.29, 0.717) is 12.3 Å². The number of hydrogen-bond donors (Lipinski definition) is 2. The second-order valence-corrected chi connectivity index (χ2v) is 4.50. The summed E-state index contributed by atoms with van der Waals surface area (Å²) in [6.07, 6.45) is 3.13. The third kappa shape index (κ3) is 2.12. The van der Waals surface area contributed by atoms with E-state index in [1.165, 1.54) is 0 Å². The number of ether oxygens (including phenoxy) is 1. The second kappa shape index (κ2) is 4.31. The van der Waals surface area contributed by atoms with E-state index in [-0.39, 0.29) is 0 Å². The number of hydrogen-bond acceptors (Lipinski definition) is 4. The van der Waals surface area contributed by atoms with Crippen LogP contribution in [0.1, 0.15) is 0 Å². The van der Waals surface area contributed by atoms with Crippen LogP contribution in [0.3, 0.4) is 0 Å². The van der Waals surface area contributed by atoms with Gasteiger partial charge < -0.3 is 15.8 Å². The Balaban J connectivity index is 1.91. The molecular weight excluding hydrogens is 244 g/mol. The predicted molar refractivity (Wildman–Crippen MR) is 70.7 cm³/mol. The van der Waals surface area contributed by atoms with Crippen LogP contribution in [0.25, 0.3) is 11.1 Å². The number of carbonyl (C=O) groups excluding carboxylic acids is 1. The number of nitrogens with one attached hydrogen (secondary N) is 1. The molecule has 0 bridgehead atoms. The van der Waals surface area contributed by atoms with Crippen LogP contribution < -0.4 is 15.8 Å². The van der Waals surface area contributed by atoms with Crippen molar-refractivity contribution < 1.29 is 9.53 Å². The maximum atomic E-state index is 11.1. The minimum absolute atomic E-state index is 0.388. The van der Waals surface area contributed by atoms with Gasteiger partial charge in [0.2, 0.25) is 0 Å². The van der Waals surface area contributed by atoms with Gasteiger partial charge in [-0.15, -0.1) is 0 Å². The van der Waals surface area contributed by atoms with Crippen molar-refractivity contribution in [1.29, 1.82) is 0 Å². The molecule has 1 unspecified atom stereocenters. The molecule has 0 aliphatic carbocycles. The summed E-state index contributed by atoms with van der Waals surface area (Å²) in [5.41, 5.74) is 8.17. The van der Waals surface area contributed by atoms with Crippen LogP contribution in [0.15, 0.2) is 30.6 Å². The molecule has 3 N–H and O–H groups in total. The molecule has 0 radical (unpaired) electrons. The number of primary amides is 1. The molecule has 98 valence electrons. The fourth-order valence-electron chi connectivity index (χ4n) is 2.08. The molecule has 2 aromatic rings. The fourth-order valence-corrected chi connectivity index (χ4v) is 2.08. The Morgan fingerprint density at radius 1 is 1.53 bits per heavy atom. The van der Waals surface area contributed by atoms with Gasteiger partial charge in [-0.3, -0.25) is 9.48 Å². The molecule has 0 saturated heterocycles. The maximum Gasteiger partial charge on any atom is 0.260 e. The summed E-state index contributed by atoms with van der Waals surface area (Å²) in [4.78, 5) is 11.1. The van der Waals surface area contributed by atoms with Crippen LogP contribution in [0, 0.1) is 0 Å². The van der Waals surface area contributed by atoms with Gasteiger partial charge in [0.05, 0.1) is 18.4 Å². The van der Waals surface area contributed by atoms with E-state index in [2.05, 4.69) is 10.4 Å². The zero-order valence-corrected chi connectivity index (χ0v) is 10.5. The molecule has 1 aliphatic rings. The van der Waals surface area contributed by atoms with E-state index < -0.39 is 12.0 Å². The monoisotopic (exact) mass is 258 g/mol. The van der Waals surface area contributed by atoms with Crippen LogP contribution in [-0.4, -0.2) is 28.3 Å². The number of aryl methyl sites for hydroxylation is 1. The Morgan fingerprint density at radius 3 is 3.05 bits per heavy atom. The van der Waals surface area contributed by atoms with Gasteiger partial charge in [-0.2, -0.15) is 5.10 Å². The molecule has 1 atom stereocenters. The number of aromatic nitrogens is 2. The standard InChI is InChI=1S/C13H14N4O2/c1-17-7-9(5-16-17)8-2-3-11-10(4-8)15-6-12(19-11)13(14)18/h2-5,7,12,15H,6H2,1H3,(H2,14,18). The lowest BCUT2D eigenvalue weighted by molar-refractivity contribution is -0.124. The lowest BCUT2D eigenvalue weighted by Gasteiger charge is -2.25. The van der Waals surface area contributed by atoms with Gasteiger partial charge in [0.25, 0.3) is 5.91 Å². The third-order valence-corrected chi connectivity index (χ3v) is 3.08. The van der Waals surface area contributed by atoms with Crippen LogP contribution in [0.5, 0.6) is 5.75 Å². The molecule has 19 heavy (non-hydrogen) atoms. The normalized spacial score (nSPS) is 17.2. The lowest BCUT2D eigenvalue weighted by atomic mass is 10.1. The zero-order chi connectivity index (χ0) is 13.4. The smallest absolute Gasteiger partial charge is 0.260 e. The number of fused-ring (bicyclic) bond motifs is 1. The molecule has 0 saturated carbocycles. The summed E-state index contributed by atoms with van der Waals surface area (Å²) in [6, 6.07) is 5.74. The minimum Gasteiger partial charge on any atom is -0.477 e. The van der Waals surface area contributed by atoms with Gasteiger partial charge in [-0.05, 0) is 17.7 Å². The van der Waals surface area contributed by atoms with E-state index in [0.717, 1.165) is 16.8 Å². The SMILES string of the molecule is Cn1cc(-c2ccc3c(c2)NCC(C(N)=O)O3)cn1. The Kier molecular flexibility index (Phi) is 2.63. The van der Waals surface area contributed by atoms with E-state index in [4.69, 9.17) is 10.5 Å². The Hall–Kier alpha value is -2.50. The molecule has 0 spiro atoms. The maximum absolute atomic E-state index is 11.1. The number of nitrogens with zero attached hydrogens (tertiary/aromatic N) is 2. The summed E-state index contributed by atoms with van der Waals surface area (Å²) in [7, 11) is 1.88. The first-order chi connectivity index (χ1) is 9.13. The van der Waals surface area contributed by atoms with Crippen LogP contribution in [0.2, 0.25) is 0 Å². The van der Waals surface area contributed by atoms with Crippen molar-refractivity contribution in [2.24, 2.45) is 12.8 Å². The summed E-state index contributed by atoms with van der Waals surface area (Å²) in [6.45, 7) is 0.388. The molecule has 1 amide bonds. The topological polar surface area (TPSA) is 82.2 Å². The Bertz CT molecular complexity index is 635. The second-order valence-electron chi connectivity index (χ2n) is 4.50. The third-order valence-electron chi connectivity index (χ3n) is 3.08. The summed E-state index contributed by atoms with van der Waals surface area (Å²) < 4.78 is 7.28. The predicted octanol–water partition coefficient (Wildman–Crippen LogP) is 0.745. The van der Waals surface area contributed by atoms with Crippen molar-refractivity contribution >= 4 is 11.6 Å². The van der Waals surface area contributed by atoms with Crippen LogP contribution >= 0.6 is 0 Å². The number of anilines is 1. The zero-order valence-electron chi connectivity index (χ0n) is 10.5. The molecular formula is C13H14N4O2. The Labute approximate surface area is 110 Å². The molecule has 3 rings (SSSR count). The van der Waals surface area contributed by atoms with E-state index in [1.807, 2.05) is 31.4 Å². The van der Waals surface area contributed by atoms with Gasteiger partial charge in [0.1, 0.15) is 5.75 Å². The van der Waals surface area contributed by atoms with Crippen LogP contribution in [0.4, 0.5) is 5.69 Å². The molecule has 6 nitrogen and oxygen atoms in total. The van der Waals surface area contributed by atoms with Crippen LogP contribution in [-0.2, 0) is 11.8 Å². The van der Waals surface area contributed by atoms with E-state index >= 15 is 0 Å². The molecule has 1 aromatic carbocycles. The summed E-state index contributed by atoms with van der Waals surface area (Å²) in [5.74, 6) is 0.178. The van der Waals surface area contributed by atoms with Crippen molar-refractivity contribution in [3.05, 3.63) is 30.6 Å². The first kappa shape index (κ1) is 11.6. The lowest BCUT2D eigenvalue weighted by Crippen LogP contribution is -2.41. The van der Waals surface area contributed by atoms with Gasteiger partial charge in [-0.1, -0.05) is 6.07 Å². The first-order valence-corrected chi connectivity index (χ1v) is 5.96. The molecule has 1 aliphatic heterocycles. The average Bonchev–Trinajstić information content (AvgIpc) is 2.84. The average molecular weight is 258 g/mol. The van der Waals surface area contributed by atoms with Crippen molar-refractivity contribution in [2.45, 2.75) is 6.10 Å². The van der Waals surface area contributed by atoms with Gasteiger partial charge in [0, 0.05) is 18.8 Å². The molecule has 0 fully saturated rings. The number of carbonyl (C=O) groups is 1. The number of benzene rings is 1. The molecule has 2 heterocycles. The van der Waals surface area contributed by atoms with E-state index in [1.54, 1.807) is 10.9 Å². The van der Waals surface area contributed by atoms with Gasteiger partial charge in [0.15, 0.2) is 6.10 Å². The molecule has 1 aromatic heterocycles. The minimum atomic E-state index is -0.614. The van der Waals surface area contributed by atoms with Crippen molar-refractivity contribution in [1.82, 2.24) is 9.78 Å². The molecule has 6 heteroatoms. The number of nitrogens with two attached hydrogens (primary N) is 1. The number of amides is 1. The number of rotatable bonds is 2. The van der Waals surface area contributed by atoms with E-state index in [9.17, 15) is 4.79 Å². The van der Waals surface area contributed by atoms with Crippen molar-refractivity contribution in [3.8, 4) is 16.9 Å². The highest BCUT2D eigenvalue weighted by molar-refractivity contribution is 5.82. The highest BCUT2D eigenvalue weighted by atomic mass is 16.5. The summed E-state index contributed by atoms with van der Waals surface area (Å²) in [5, 5.41) is 7.30. The highest BCUT2D eigenvalue weighted by Gasteiger charge is 2.23. The highest BCUT2D eigenvalue weighted by Crippen LogP contribution is 2.33. The summed E-state index contributed by atoms with van der Waals surface area (Å²) >= 11 is 0. The van der Waals surface area contributed by atoms with Crippen molar-refractivity contribution in [2.75, 3.05) is 11.9 Å². The van der Waals surface area contributed by atoms with Crippen molar-refractivity contribution in [3.63, 3.8) is 0 Å². The fraction of sp³-hybridized carbons (Fsp3) is 0.231. The van der Waals surface area contributed by atoms with Gasteiger partial charge >= 0.3 is 0 Å². The Morgan fingerprint density at radius 2 is 2.37 bits per heavy atom.